The lowest BCUT2D eigenvalue weighted by atomic mass is 10.3. The number of rotatable bonds is 7. The molecule has 0 spiro atoms. The standard InChI is InChI=1S/C13H17NO/c1-3-10-14(11-4-2)12-15-13-8-6-5-7-9-13/h3-9H,1-2,10-12H2. The van der Waals surface area contributed by atoms with Crippen molar-refractivity contribution in [3.05, 3.63) is 55.6 Å². The molecule has 1 rings (SSSR count). The normalized spacial score (nSPS) is 9.93. The molecular weight excluding hydrogens is 186 g/mol. The van der Waals surface area contributed by atoms with Gasteiger partial charge in [-0.15, -0.1) is 13.2 Å². The third-order valence-electron chi connectivity index (χ3n) is 1.93. The van der Waals surface area contributed by atoms with Gasteiger partial charge in [0.1, 0.15) is 12.5 Å². The van der Waals surface area contributed by atoms with Gasteiger partial charge < -0.3 is 4.74 Å². The van der Waals surface area contributed by atoms with E-state index in [1.165, 1.54) is 0 Å². The maximum atomic E-state index is 5.60. The average molecular weight is 203 g/mol. The molecule has 0 bridgehead atoms. The van der Waals surface area contributed by atoms with Crippen LogP contribution in [0.15, 0.2) is 55.6 Å². The Morgan fingerprint density at radius 2 is 1.67 bits per heavy atom. The molecule has 0 amide bonds. The lowest BCUT2D eigenvalue weighted by Gasteiger charge is -2.18. The van der Waals surface area contributed by atoms with Crippen LogP contribution in [0, 0.1) is 0 Å². The Hall–Kier alpha value is -1.54. The van der Waals surface area contributed by atoms with E-state index in [0.29, 0.717) is 6.73 Å². The first-order chi connectivity index (χ1) is 7.36. The van der Waals surface area contributed by atoms with Crippen LogP contribution in [0.3, 0.4) is 0 Å². The Morgan fingerprint density at radius 3 is 2.20 bits per heavy atom. The van der Waals surface area contributed by atoms with Crippen molar-refractivity contribution < 1.29 is 4.74 Å². The van der Waals surface area contributed by atoms with Crippen molar-refractivity contribution in [3.63, 3.8) is 0 Å². The van der Waals surface area contributed by atoms with E-state index in [1.54, 1.807) is 0 Å². The van der Waals surface area contributed by atoms with E-state index in [1.807, 2.05) is 42.5 Å². The third kappa shape index (κ3) is 4.47. The molecule has 0 fully saturated rings. The Morgan fingerprint density at radius 1 is 1.07 bits per heavy atom. The number of hydrogen-bond donors (Lipinski definition) is 0. The summed E-state index contributed by atoms with van der Waals surface area (Å²) < 4.78 is 5.60. The smallest absolute Gasteiger partial charge is 0.142 e. The van der Waals surface area contributed by atoms with Crippen LogP contribution in [0.4, 0.5) is 0 Å². The van der Waals surface area contributed by atoms with Crippen molar-refractivity contribution in [2.45, 2.75) is 0 Å². The molecular formula is C13H17NO. The number of benzene rings is 1. The van der Waals surface area contributed by atoms with Crippen LogP contribution in [0.25, 0.3) is 0 Å². The summed E-state index contributed by atoms with van der Waals surface area (Å²) in [6.07, 6.45) is 3.72. The molecule has 0 aromatic heterocycles. The van der Waals surface area contributed by atoms with E-state index in [9.17, 15) is 0 Å². The summed E-state index contributed by atoms with van der Waals surface area (Å²) in [5, 5.41) is 0. The predicted octanol–water partition coefficient (Wildman–Crippen LogP) is 2.70. The van der Waals surface area contributed by atoms with Crippen LogP contribution in [0.5, 0.6) is 5.75 Å². The van der Waals surface area contributed by atoms with Gasteiger partial charge in [-0.05, 0) is 12.1 Å². The van der Waals surface area contributed by atoms with Gasteiger partial charge in [-0.1, -0.05) is 30.4 Å². The quantitative estimate of drug-likeness (QED) is 0.499. The van der Waals surface area contributed by atoms with Crippen LogP contribution >= 0.6 is 0 Å². The number of para-hydroxylation sites is 1. The molecule has 80 valence electrons. The largest absolute Gasteiger partial charge is 0.478 e. The summed E-state index contributed by atoms with van der Waals surface area (Å²) in [6, 6.07) is 9.78. The maximum Gasteiger partial charge on any atom is 0.142 e. The monoisotopic (exact) mass is 203 g/mol. The van der Waals surface area contributed by atoms with E-state index < -0.39 is 0 Å². The first-order valence-corrected chi connectivity index (χ1v) is 4.99. The first-order valence-electron chi connectivity index (χ1n) is 4.99. The van der Waals surface area contributed by atoms with Crippen LogP contribution in [-0.2, 0) is 0 Å². The molecule has 0 saturated carbocycles. The predicted molar refractivity (Wildman–Crippen MR) is 63.9 cm³/mol. The van der Waals surface area contributed by atoms with Gasteiger partial charge in [0.2, 0.25) is 0 Å². The number of ether oxygens (including phenoxy) is 1. The van der Waals surface area contributed by atoms with Gasteiger partial charge >= 0.3 is 0 Å². The van der Waals surface area contributed by atoms with Gasteiger partial charge in [0.15, 0.2) is 0 Å². The Kier molecular flexibility index (Phi) is 5.26. The molecule has 0 aliphatic heterocycles. The van der Waals surface area contributed by atoms with Crippen molar-refractivity contribution in [1.82, 2.24) is 4.90 Å². The van der Waals surface area contributed by atoms with Gasteiger partial charge in [-0.25, -0.2) is 0 Å². The van der Waals surface area contributed by atoms with Gasteiger partial charge in [-0.2, -0.15) is 0 Å². The number of hydrogen-bond acceptors (Lipinski definition) is 2. The molecule has 15 heavy (non-hydrogen) atoms. The van der Waals surface area contributed by atoms with Crippen molar-refractivity contribution in [1.29, 1.82) is 0 Å². The highest BCUT2D eigenvalue weighted by molar-refractivity contribution is 5.20. The van der Waals surface area contributed by atoms with Gasteiger partial charge in [-0.3, -0.25) is 4.90 Å². The molecule has 0 atom stereocenters. The molecule has 0 N–H and O–H groups in total. The molecule has 0 unspecified atom stereocenters. The summed E-state index contributed by atoms with van der Waals surface area (Å²) >= 11 is 0. The SMILES string of the molecule is C=CCN(CC=C)COc1ccccc1. The van der Waals surface area contributed by atoms with Crippen LogP contribution in [0.2, 0.25) is 0 Å². The van der Waals surface area contributed by atoms with E-state index >= 15 is 0 Å². The topological polar surface area (TPSA) is 12.5 Å². The summed E-state index contributed by atoms with van der Waals surface area (Å²) in [5.41, 5.74) is 0. The fourth-order valence-corrected chi connectivity index (χ4v) is 1.23. The van der Waals surface area contributed by atoms with E-state index in [2.05, 4.69) is 18.1 Å². The highest BCUT2D eigenvalue weighted by atomic mass is 16.5. The Labute approximate surface area is 91.5 Å². The molecule has 2 heteroatoms. The Bertz CT molecular complexity index is 285. The van der Waals surface area contributed by atoms with Gasteiger partial charge in [0.25, 0.3) is 0 Å². The fraction of sp³-hybridized carbons (Fsp3) is 0.231. The van der Waals surface area contributed by atoms with Crippen molar-refractivity contribution >= 4 is 0 Å². The maximum absolute atomic E-state index is 5.60. The van der Waals surface area contributed by atoms with Crippen LogP contribution in [0.1, 0.15) is 0 Å². The zero-order chi connectivity index (χ0) is 10.9. The van der Waals surface area contributed by atoms with E-state index in [4.69, 9.17) is 4.74 Å². The van der Waals surface area contributed by atoms with Crippen LogP contribution in [-0.4, -0.2) is 24.7 Å². The van der Waals surface area contributed by atoms with E-state index in [-0.39, 0.29) is 0 Å². The second-order valence-corrected chi connectivity index (χ2v) is 3.20. The molecule has 0 aliphatic carbocycles. The molecule has 1 aromatic rings. The zero-order valence-corrected chi connectivity index (χ0v) is 8.93. The second-order valence-electron chi connectivity index (χ2n) is 3.20. The average Bonchev–Trinajstić information content (AvgIpc) is 2.28. The van der Waals surface area contributed by atoms with Crippen LogP contribution < -0.4 is 4.74 Å². The molecule has 2 nitrogen and oxygen atoms in total. The Balaban J connectivity index is 2.39. The minimum atomic E-state index is 0.558. The summed E-state index contributed by atoms with van der Waals surface area (Å²) in [7, 11) is 0. The van der Waals surface area contributed by atoms with E-state index in [0.717, 1.165) is 18.8 Å². The minimum Gasteiger partial charge on any atom is -0.478 e. The minimum absolute atomic E-state index is 0.558. The van der Waals surface area contributed by atoms with Gasteiger partial charge in [0, 0.05) is 13.1 Å². The lowest BCUT2D eigenvalue weighted by molar-refractivity contribution is 0.150. The molecule has 0 heterocycles. The highest BCUT2D eigenvalue weighted by Crippen LogP contribution is 2.08. The number of nitrogens with zero attached hydrogens (tertiary/aromatic N) is 1. The lowest BCUT2D eigenvalue weighted by Crippen LogP contribution is -2.28. The van der Waals surface area contributed by atoms with Crippen molar-refractivity contribution in [2.75, 3.05) is 19.8 Å². The summed E-state index contributed by atoms with van der Waals surface area (Å²) in [5.74, 6) is 0.885. The highest BCUT2D eigenvalue weighted by Gasteiger charge is 2.00. The fourth-order valence-electron chi connectivity index (χ4n) is 1.23. The third-order valence-corrected chi connectivity index (χ3v) is 1.93. The molecule has 0 aliphatic rings. The molecule has 0 radical (unpaired) electrons. The summed E-state index contributed by atoms with van der Waals surface area (Å²) in [4.78, 5) is 2.10. The summed E-state index contributed by atoms with van der Waals surface area (Å²) in [6.45, 7) is 9.58. The van der Waals surface area contributed by atoms with Crippen molar-refractivity contribution in [3.8, 4) is 5.75 Å². The zero-order valence-electron chi connectivity index (χ0n) is 8.93. The second kappa shape index (κ2) is 6.85. The molecule has 1 aromatic carbocycles. The first kappa shape index (κ1) is 11.5. The van der Waals surface area contributed by atoms with Crippen molar-refractivity contribution in [2.24, 2.45) is 0 Å². The van der Waals surface area contributed by atoms with Gasteiger partial charge in [0.05, 0.1) is 0 Å². The molecule has 0 saturated heterocycles.